The third-order valence-corrected chi connectivity index (χ3v) is 2.20. The monoisotopic (exact) mass is 170 g/mol. The van der Waals surface area contributed by atoms with Crippen molar-refractivity contribution in [3.8, 4) is 0 Å². The SMILES string of the molecule is O=C1CCOC1C1OCCC1=O. The Hall–Kier alpha value is -0.740. The van der Waals surface area contributed by atoms with E-state index in [4.69, 9.17) is 9.47 Å². The average Bonchev–Trinajstić information content (AvgIpc) is 2.59. The first-order valence-electron chi connectivity index (χ1n) is 4.07. The maximum absolute atomic E-state index is 11.1. The Morgan fingerprint density at radius 2 is 1.33 bits per heavy atom. The number of ether oxygens (including phenoxy) is 2. The number of rotatable bonds is 1. The number of hydrogen-bond acceptors (Lipinski definition) is 4. The van der Waals surface area contributed by atoms with E-state index in [1.54, 1.807) is 0 Å². The number of Topliss-reactive ketones (excluding diaryl/α,β-unsaturated/α-hetero) is 2. The van der Waals surface area contributed by atoms with E-state index in [-0.39, 0.29) is 11.6 Å². The molecule has 0 aliphatic carbocycles. The van der Waals surface area contributed by atoms with E-state index < -0.39 is 12.2 Å². The van der Waals surface area contributed by atoms with E-state index in [0.717, 1.165) is 0 Å². The van der Waals surface area contributed by atoms with Gasteiger partial charge in [0.1, 0.15) is 12.2 Å². The molecule has 0 aromatic heterocycles. The highest BCUT2D eigenvalue weighted by Crippen LogP contribution is 2.20. The van der Waals surface area contributed by atoms with Crippen LogP contribution >= 0.6 is 0 Å². The molecule has 0 aromatic carbocycles. The fraction of sp³-hybridized carbons (Fsp3) is 0.750. The fourth-order valence-electron chi connectivity index (χ4n) is 1.56. The van der Waals surface area contributed by atoms with Gasteiger partial charge in [0.2, 0.25) is 0 Å². The van der Waals surface area contributed by atoms with Crippen molar-refractivity contribution in [3.05, 3.63) is 0 Å². The lowest BCUT2D eigenvalue weighted by atomic mass is 10.1. The summed E-state index contributed by atoms with van der Waals surface area (Å²) in [5.41, 5.74) is 0. The summed E-state index contributed by atoms with van der Waals surface area (Å²) < 4.78 is 10.2. The summed E-state index contributed by atoms with van der Waals surface area (Å²) >= 11 is 0. The van der Waals surface area contributed by atoms with Gasteiger partial charge in [0, 0.05) is 12.8 Å². The summed E-state index contributed by atoms with van der Waals surface area (Å²) in [5.74, 6) is -0.00880. The van der Waals surface area contributed by atoms with Crippen molar-refractivity contribution in [2.75, 3.05) is 13.2 Å². The van der Waals surface area contributed by atoms with Gasteiger partial charge in [-0.15, -0.1) is 0 Å². The van der Waals surface area contributed by atoms with E-state index in [1.165, 1.54) is 0 Å². The minimum atomic E-state index is -0.611. The van der Waals surface area contributed by atoms with Crippen LogP contribution < -0.4 is 0 Å². The standard InChI is InChI=1S/C8H10O4/c9-5-1-3-11-7(5)8-6(10)2-4-12-8/h7-8H,1-4H2. The smallest absolute Gasteiger partial charge is 0.167 e. The molecule has 2 heterocycles. The van der Waals surface area contributed by atoms with Gasteiger partial charge in [-0.05, 0) is 0 Å². The predicted octanol–water partition coefficient (Wildman–Crippen LogP) is -0.298. The first-order chi connectivity index (χ1) is 5.79. The molecule has 2 saturated heterocycles. The van der Waals surface area contributed by atoms with Gasteiger partial charge in [-0.2, -0.15) is 0 Å². The summed E-state index contributed by atoms with van der Waals surface area (Å²) in [4.78, 5) is 22.3. The average molecular weight is 170 g/mol. The van der Waals surface area contributed by atoms with Crippen LogP contribution in [0.3, 0.4) is 0 Å². The first-order valence-corrected chi connectivity index (χ1v) is 4.07. The van der Waals surface area contributed by atoms with Gasteiger partial charge in [-0.3, -0.25) is 9.59 Å². The Labute approximate surface area is 69.8 Å². The molecular formula is C8H10O4. The topological polar surface area (TPSA) is 52.6 Å². The molecule has 2 aliphatic rings. The molecule has 0 saturated carbocycles. The van der Waals surface area contributed by atoms with Crippen LogP contribution in [0, 0.1) is 0 Å². The molecule has 0 N–H and O–H groups in total. The van der Waals surface area contributed by atoms with E-state index in [1.807, 2.05) is 0 Å². The molecule has 4 heteroatoms. The van der Waals surface area contributed by atoms with E-state index >= 15 is 0 Å². The lowest BCUT2D eigenvalue weighted by Crippen LogP contribution is -2.35. The first kappa shape index (κ1) is 7.89. The highest BCUT2D eigenvalue weighted by molar-refractivity contribution is 5.94. The van der Waals surface area contributed by atoms with Crippen LogP contribution in [0.1, 0.15) is 12.8 Å². The number of ketones is 2. The lowest BCUT2D eigenvalue weighted by molar-refractivity contribution is -0.137. The fourth-order valence-corrected chi connectivity index (χ4v) is 1.56. The van der Waals surface area contributed by atoms with Crippen LogP contribution in [0.4, 0.5) is 0 Å². The summed E-state index contributed by atoms with van der Waals surface area (Å²) in [6.07, 6.45) is -0.393. The summed E-state index contributed by atoms with van der Waals surface area (Å²) in [6.45, 7) is 0.854. The molecule has 2 unspecified atom stereocenters. The molecule has 2 aliphatic heterocycles. The largest absolute Gasteiger partial charge is 0.367 e. The summed E-state index contributed by atoms with van der Waals surface area (Å²) in [5, 5.41) is 0. The highest BCUT2D eigenvalue weighted by atomic mass is 16.6. The molecule has 2 rings (SSSR count). The Bertz CT molecular complexity index is 199. The van der Waals surface area contributed by atoms with Crippen molar-refractivity contribution >= 4 is 11.6 Å². The number of carbonyl (C=O) groups is 2. The Balaban J connectivity index is 2.08. The zero-order chi connectivity index (χ0) is 8.55. The maximum Gasteiger partial charge on any atom is 0.167 e. The van der Waals surface area contributed by atoms with Gasteiger partial charge in [0.15, 0.2) is 11.6 Å². The van der Waals surface area contributed by atoms with Crippen molar-refractivity contribution in [2.45, 2.75) is 25.0 Å². The Morgan fingerprint density at radius 3 is 1.58 bits per heavy atom. The quantitative estimate of drug-likeness (QED) is 0.542. The predicted molar refractivity (Wildman–Crippen MR) is 38.7 cm³/mol. The molecule has 0 bridgehead atoms. The normalized spacial score (nSPS) is 36.3. The zero-order valence-electron chi connectivity index (χ0n) is 6.62. The van der Waals surface area contributed by atoms with Crippen LogP contribution in [0.25, 0.3) is 0 Å². The highest BCUT2D eigenvalue weighted by Gasteiger charge is 2.40. The van der Waals surface area contributed by atoms with E-state index in [9.17, 15) is 9.59 Å². The van der Waals surface area contributed by atoms with Gasteiger partial charge >= 0.3 is 0 Å². The van der Waals surface area contributed by atoms with E-state index in [2.05, 4.69) is 0 Å². The van der Waals surface area contributed by atoms with Crippen molar-refractivity contribution in [2.24, 2.45) is 0 Å². The van der Waals surface area contributed by atoms with Crippen molar-refractivity contribution in [3.63, 3.8) is 0 Å². The van der Waals surface area contributed by atoms with Gasteiger partial charge in [0.25, 0.3) is 0 Å². The van der Waals surface area contributed by atoms with Crippen LogP contribution in [0.15, 0.2) is 0 Å². The Morgan fingerprint density at radius 1 is 0.917 bits per heavy atom. The second-order valence-corrected chi connectivity index (χ2v) is 3.02. The summed E-state index contributed by atoms with van der Waals surface area (Å²) in [7, 11) is 0. The second-order valence-electron chi connectivity index (χ2n) is 3.02. The molecule has 2 atom stereocenters. The maximum atomic E-state index is 11.1. The second kappa shape index (κ2) is 2.95. The third kappa shape index (κ3) is 1.17. The molecule has 0 amide bonds. The minimum absolute atomic E-state index is 0.00440. The van der Waals surface area contributed by atoms with Crippen molar-refractivity contribution in [1.82, 2.24) is 0 Å². The molecule has 2 fully saturated rings. The molecule has 0 radical (unpaired) electrons. The molecular weight excluding hydrogens is 160 g/mol. The van der Waals surface area contributed by atoms with Gasteiger partial charge < -0.3 is 9.47 Å². The van der Waals surface area contributed by atoms with Crippen LogP contribution in [0.5, 0.6) is 0 Å². The summed E-state index contributed by atoms with van der Waals surface area (Å²) in [6, 6.07) is 0. The molecule has 4 nitrogen and oxygen atoms in total. The molecule has 12 heavy (non-hydrogen) atoms. The van der Waals surface area contributed by atoms with Crippen molar-refractivity contribution < 1.29 is 19.1 Å². The molecule has 0 spiro atoms. The van der Waals surface area contributed by atoms with E-state index in [0.29, 0.717) is 26.1 Å². The molecule has 0 aromatic rings. The lowest BCUT2D eigenvalue weighted by Gasteiger charge is -2.13. The molecule has 66 valence electrons. The van der Waals surface area contributed by atoms with Crippen LogP contribution in [-0.2, 0) is 19.1 Å². The number of carbonyl (C=O) groups excluding carboxylic acids is 2. The Kier molecular flexibility index (Phi) is 1.94. The third-order valence-electron chi connectivity index (χ3n) is 2.20. The van der Waals surface area contributed by atoms with Crippen LogP contribution in [0.2, 0.25) is 0 Å². The van der Waals surface area contributed by atoms with Gasteiger partial charge in [0.05, 0.1) is 13.2 Å². The minimum Gasteiger partial charge on any atom is -0.367 e. The van der Waals surface area contributed by atoms with Gasteiger partial charge in [-0.25, -0.2) is 0 Å². The van der Waals surface area contributed by atoms with Gasteiger partial charge in [-0.1, -0.05) is 0 Å². The van der Waals surface area contributed by atoms with Crippen LogP contribution in [-0.4, -0.2) is 37.0 Å². The zero-order valence-corrected chi connectivity index (χ0v) is 6.62. The number of hydrogen-bond donors (Lipinski definition) is 0. The van der Waals surface area contributed by atoms with Crippen molar-refractivity contribution in [1.29, 1.82) is 0 Å².